The Morgan fingerprint density at radius 1 is 1.06 bits per heavy atom. The zero-order chi connectivity index (χ0) is 12.5. The minimum atomic E-state index is 0.137. The molecule has 0 spiro atoms. The first-order valence-corrected chi connectivity index (χ1v) is 5.79. The van der Waals surface area contributed by atoms with Gasteiger partial charge in [0, 0.05) is 17.4 Å². The fraction of sp³-hybridized carbons (Fsp3) is 0.267. The lowest BCUT2D eigenvalue weighted by molar-refractivity contribution is 0.589. The Labute approximate surface area is 103 Å². The van der Waals surface area contributed by atoms with Gasteiger partial charge >= 0.3 is 0 Å². The Hall–Kier alpha value is -1.83. The number of nitrogens with zero attached hydrogens (tertiary/aromatic N) is 1. The standard InChI is InChI=1S/C15H18N2/c1-15(2,3)12-7-8-17-14(10-12)11-5-4-6-13(16)9-11/h4-10H,16H2,1-3H3. The van der Waals surface area contributed by atoms with E-state index in [1.165, 1.54) is 5.56 Å². The van der Waals surface area contributed by atoms with Crippen molar-refractivity contribution in [1.82, 2.24) is 4.98 Å². The Balaban J connectivity index is 2.47. The minimum Gasteiger partial charge on any atom is -0.399 e. The van der Waals surface area contributed by atoms with Crippen molar-refractivity contribution in [3.8, 4) is 11.3 Å². The average molecular weight is 226 g/mol. The van der Waals surface area contributed by atoms with E-state index in [0.717, 1.165) is 16.9 Å². The first kappa shape index (κ1) is 11.6. The SMILES string of the molecule is CC(C)(C)c1ccnc(-c2cccc(N)c2)c1. The molecule has 0 amide bonds. The van der Waals surface area contributed by atoms with Gasteiger partial charge in [-0.05, 0) is 35.2 Å². The minimum absolute atomic E-state index is 0.137. The van der Waals surface area contributed by atoms with Crippen LogP contribution in [0.5, 0.6) is 0 Å². The molecule has 2 rings (SSSR count). The predicted octanol–water partition coefficient (Wildman–Crippen LogP) is 3.63. The number of hydrogen-bond donors (Lipinski definition) is 1. The van der Waals surface area contributed by atoms with E-state index in [0.29, 0.717) is 0 Å². The maximum atomic E-state index is 5.79. The molecule has 17 heavy (non-hydrogen) atoms. The van der Waals surface area contributed by atoms with Crippen LogP contribution in [0.3, 0.4) is 0 Å². The number of rotatable bonds is 1. The second-order valence-corrected chi connectivity index (χ2v) is 5.31. The Bertz CT molecular complexity index is 524. The summed E-state index contributed by atoms with van der Waals surface area (Å²) in [7, 11) is 0. The summed E-state index contributed by atoms with van der Waals surface area (Å²) in [5.41, 5.74) is 10.0. The molecule has 2 nitrogen and oxygen atoms in total. The fourth-order valence-electron chi connectivity index (χ4n) is 1.75. The van der Waals surface area contributed by atoms with Crippen LogP contribution >= 0.6 is 0 Å². The van der Waals surface area contributed by atoms with Crippen molar-refractivity contribution in [3.05, 3.63) is 48.2 Å². The van der Waals surface area contributed by atoms with Gasteiger partial charge in [0.2, 0.25) is 0 Å². The van der Waals surface area contributed by atoms with E-state index in [-0.39, 0.29) is 5.41 Å². The van der Waals surface area contributed by atoms with Crippen LogP contribution in [0, 0.1) is 0 Å². The Kier molecular flexibility index (Phi) is 2.88. The highest BCUT2D eigenvalue weighted by atomic mass is 14.7. The lowest BCUT2D eigenvalue weighted by Crippen LogP contribution is -2.11. The molecule has 1 aromatic heterocycles. The van der Waals surface area contributed by atoms with Gasteiger partial charge in [-0.15, -0.1) is 0 Å². The van der Waals surface area contributed by atoms with E-state index in [4.69, 9.17) is 5.73 Å². The summed E-state index contributed by atoms with van der Waals surface area (Å²) in [6.07, 6.45) is 1.86. The van der Waals surface area contributed by atoms with Crippen LogP contribution in [0.2, 0.25) is 0 Å². The summed E-state index contributed by atoms with van der Waals surface area (Å²) in [5.74, 6) is 0. The molecule has 1 heterocycles. The van der Waals surface area contributed by atoms with Gasteiger partial charge in [-0.1, -0.05) is 32.9 Å². The number of nitrogens with two attached hydrogens (primary N) is 1. The molecule has 0 saturated heterocycles. The molecule has 0 radical (unpaired) electrons. The molecule has 0 fully saturated rings. The molecule has 1 aromatic carbocycles. The molecule has 0 aliphatic heterocycles. The number of aromatic nitrogens is 1. The van der Waals surface area contributed by atoms with Gasteiger partial charge in [0.1, 0.15) is 0 Å². The molecule has 0 aliphatic carbocycles. The first-order chi connectivity index (χ1) is 7.97. The van der Waals surface area contributed by atoms with Gasteiger partial charge in [-0.3, -0.25) is 4.98 Å². The molecular weight excluding hydrogens is 208 g/mol. The summed E-state index contributed by atoms with van der Waals surface area (Å²) >= 11 is 0. The van der Waals surface area contributed by atoms with E-state index in [2.05, 4.69) is 37.9 Å². The van der Waals surface area contributed by atoms with Crippen molar-refractivity contribution in [2.75, 3.05) is 5.73 Å². The van der Waals surface area contributed by atoms with Crippen LogP contribution in [-0.4, -0.2) is 4.98 Å². The Morgan fingerprint density at radius 3 is 2.47 bits per heavy atom. The summed E-state index contributed by atoms with van der Waals surface area (Å²) < 4.78 is 0. The molecule has 2 heteroatoms. The molecular formula is C15H18N2. The summed E-state index contributed by atoms with van der Waals surface area (Å²) in [6, 6.07) is 12.0. The third kappa shape index (κ3) is 2.64. The third-order valence-corrected chi connectivity index (χ3v) is 2.81. The average Bonchev–Trinajstić information content (AvgIpc) is 2.28. The van der Waals surface area contributed by atoms with Crippen molar-refractivity contribution in [2.45, 2.75) is 26.2 Å². The fourth-order valence-corrected chi connectivity index (χ4v) is 1.75. The van der Waals surface area contributed by atoms with Gasteiger partial charge in [0.05, 0.1) is 5.69 Å². The number of nitrogen functional groups attached to an aromatic ring is 1. The summed E-state index contributed by atoms with van der Waals surface area (Å²) in [4.78, 5) is 4.41. The van der Waals surface area contributed by atoms with Crippen LogP contribution in [0.4, 0.5) is 5.69 Å². The van der Waals surface area contributed by atoms with Gasteiger partial charge in [-0.2, -0.15) is 0 Å². The largest absolute Gasteiger partial charge is 0.399 e. The zero-order valence-corrected chi connectivity index (χ0v) is 10.6. The van der Waals surface area contributed by atoms with Crippen molar-refractivity contribution in [2.24, 2.45) is 0 Å². The third-order valence-electron chi connectivity index (χ3n) is 2.81. The number of anilines is 1. The lowest BCUT2D eigenvalue weighted by Gasteiger charge is -2.19. The van der Waals surface area contributed by atoms with Gasteiger partial charge in [0.25, 0.3) is 0 Å². The van der Waals surface area contributed by atoms with Crippen LogP contribution in [-0.2, 0) is 5.41 Å². The van der Waals surface area contributed by atoms with Gasteiger partial charge < -0.3 is 5.73 Å². The van der Waals surface area contributed by atoms with E-state index >= 15 is 0 Å². The highest BCUT2D eigenvalue weighted by Crippen LogP contribution is 2.26. The summed E-state index contributed by atoms with van der Waals surface area (Å²) in [6.45, 7) is 6.60. The van der Waals surface area contributed by atoms with Crippen LogP contribution in [0.25, 0.3) is 11.3 Å². The molecule has 2 aromatic rings. The maximum absolute atomic E-state index is 5.79. The molecule has 2 N–H and O–H groups in total. The van der Waals surface area contributed by atoms with E-state index < -0.39 is 0 Å². The molecule has 0 atom stereocenters. The second-order valence-electron chi connectivity index (χ2n) is 5.31. The monoisotopic (exact) mass is 226 g/mol. The van der Waals surface area contributed by atoms with E-state index in [9.17, 15) is 0 Å². The molecule has 0 aliphatic rings. The lowest BCUT2D eigenvalue weighted by atomic mass is 9.87. The topological polar surface area (TPSA) is 38.9 Å². The molecule has 0 unspecified atom stereocenters. The van der Waals surface area contributed by atoms with Crippen LogP contribution < -0.4 is 5.73 Å². The van der Waals surface area contributed by atoms with Crippen molar-refractivity contribution in [3.63, 3.8) is 0 Å². The highest BCUT2D eigenvalue weighted by molar-refractivity contribution is 5.64. The summed E-state index contributed by atoms with van der Waals surface area (Å²) in [5, 5.41) is 0. The van der Waals surface area contributed by atoms with Crippen LogP contribution in [0.15, 0.2) is 42.6 Å². The number of pyridine rings is 1. The van der Waals surface area contributed by atoms with Crippen molar-refractivity contribution >= 4 is 5.69 Å². The molecule has 0 bridgehead atoms. The van der Waals surface area contributed by atoms with E-state index in [1.807, 2.05) is 30.5 Å². The maximum Gasteiger partial charge on any atom is 0.0705 e. The van der Waals surface area contributed by atoms with Gasteiger partial charge in [-0.25, -0.2) is 0 Å². The zero-order valence-electron chi connectivity index (χ0n) is 10.6. The highest BCUT2D eigenvalue weighted by Gasteiger charge is 2.14. The molecule has 0 saturated carbocycles. The quantitative estimate of drug-likeness (QED) is 0.754. The Morgan fingerprint density at radius 2 is 1.82 bits per heavy atom. The first-order valence-electron chi connectivity index (χ1n) is 5.79. The second kappa shape index (κ2) is 4.21. The predicted molar refractivity (Wildman–Crippen MR) is 72.8 cm³/mol. The normalized spacial score (nSPS) is 11.5. The van der Waals surface area contributed by atoms with E-state index in [1.54, 1.807) is 0 Å². The number of hydrogen-bond acceptors (Lipinski definition) is 2. The van der Waals surface area contributed by atoms with Crippen LogP contribution in [0.1, 0.15) is 26.3 Å². The van der Waals surface area contributed by atoms with Crippen molar-refractivity contribution < 1.29 is 0 Å². The number of benzene rings is 1. The smallest absolute Gasteiger partial charge is 0.0705 e. The molecule has 88 valence electrons. The van der Waals surface area contributed by atoms with Crippen molar-refractivity contribution in [1.29, 1.82) is 0 Å². The van der Waals surface area contributed by atoms with Gasteiger partial charge in [0.15, 0.2) is 0 Å².